The Kier molecular flexibility index (Phi) is 12.8. The number of aliphatic carboxylic acids is 1. The summed E-state index contributed by atoms with van der Waals surface area (Å²) in [4.78, 5) is 22.7. The Morgan fingerprint density at radius 3 is 1.91 bits per heavy atom. The monoisotopic (exact) mass is 328 g/mol. The zero-order valence-corrected chi connectivity index (χ0v) is 15.4. The SMILES string of the molecule is CCCCCCC(CCC)(CCC)OC(=O)CCCCC(=O)O. The molecule has 0 heterocycles. The molecular weight excluding hydrogens is 292 g/mol. The van der Waals surface area contributed by atoms with Gasteiger partial charge in [-0.05, 0) is 38.5 Å². The van der Waals surface area contributed by atoms with Gasteiger partial charge < -0.3 is 9.84 Å². The van der Waals surface area contributed by atoms with Crippen LogP contribution in [-0.2, 0) is 14.3 Å². The van der Waals surface area contributed by atoms with E-state index in [4.69, 9.17) is 9.84 Å². The molecule has 0 saturated carbocycles. The van der Waals surface area contributed by atoms with Crippen molar-refractivity contribution < 1.29 is 19.4 Å². The minimum absolute atomic E-state index is 0.124. The quantitative estimate of drug-likeness (QED) is 0.319. The predicted octanol–water partition coefficient (Wildman–Crippen LogP) is 5.48. The van der Waals surface area contributed by atoms with Gasteiger partial charge in [-0.25, -0.2) is 0 Å². The molecule has 0 aliphatic heterocycles. The van der Waals surface area contributed by atoms with Crippen molar-refractivity contribution in [2.24, 2.45) is 0 Å². The molecule has 0 aromatic rings. The maximum Gasteiger partial charge on any atom is 0.306 e. The fourth-order valence-corrected chi connectivity index (χ4v) is 3.15. The van der Waals surface area contributed by atoms with E-state index < -0.39 is 5.97 Å². The average Bonchev–Trinajstić information content (AvgIpc) is 2.48. The second kappa shape index (κ2) is 13.4. The van der Waals surface area contributed by atoms with Crippen molar-refractivity contribution in [1.82, 2.24) is 0 Å². The number of carbonyl (C=O) groups is 2. The molecule has 0 amide bonds. The van der Waals surface area contributed by atoms with Gasteiger partial charge in [-0.1, -0.05) is 52.9 Å². The van der Waals surface area contributed by atoms with Gasteiger partial charge in [-0.3, -0.25) is 9.59 Å². The van der Waals surface area contributed by atoms with Crippen LogP contribution in [0.2, 0.25) is 0 Å². The molecule has 0 aromatic heterocycles. The van der Waals surface area contributed by atoms with Gasteiger partial charge >= 0.3 is 11.9 Å². The smallest absolute Gasteiger partial charge is 0.306 e. The van der Waals surface area contributed by atoms with Crippen molar-refractivity contribution >= 4 is 11.9 Å². The lowest BCUT2D eigenvalue weighted by Gasteiger charge is -2.33. The fraction of sp³-hybridized carbons (Fsp3) is 0.895. The second-order valence-electron chi connectivity index (χ2n) is 6.57. The van der Waals surface area contributed by atoms with Crippen LogP contribution in [0.4, 0.5) is 0 Å². The molecule has 0 aliphatic rings. The van der Waals surface area contributed by atoms with E-state index in [1.54, 1.807) is 0 Å². The van der Waals surface area contributed by atoms with Crippen molar-refractivity contribution in [3.63, 3.8) is 0 Å². The zero-order valence-electron chi connectivity index (χ0n) is 15.4. The second-order valence-corrected chi connectivity index (χ2v) is 6.57. The van der Waals surface area contributed by atoms with Crippen LogP contribution >= 0.6 is 0 Å². The van der Waals surface area contributed by atoms with Crippen molar-refractivity contribution in [3.8, 4) is 0 Å². The van der Waals surface area contributed by atoms with Gasteiger partial charge in [0.1, 0.15) is 5.60 Å². The number of carbonyl (C=O) groups excluding carboxylic acids is 1. The number of carboxylic acid groups (broad SMARTS) is 1. The van der Waals surface area contributed by atoms with Crippen LogP contribution in [0.5, 0.6) is 0 Å². The largest absolute Gasteiger partial charge is 0.481 e. The van der Waals surface area contributed by atoms with E-state index in [1.165, 1.54) is 19.3 Å². The maximum absolute atomic E-state index is 12.2. The summed E-state index contributed by atoms with van der Waals surface area (Å²) in [7, 11) is 0. The summed E-state index contributed by atoms with van der Waals surface area (Å²) < 4.78 is 5.92. The Hall–Kier alpha value is -1.06. The van der Waals surface area contributed by atoms with Crippen molar-refractivity contribution in [2.75, 3.05) is 0 Å². The molecule has 0 rings (SSSR count). The van der Waals surface area contributed by atoms with E-state index >= 15 is 0 Å². The van der Waals surface area contributed by atoms with Crippen LogP contribution < -0.4 is 0 Å². The van der Waals surface area contributed by atoms with E-state index in [9.17, 15) is 9.59 Å². The lowest BCUT2D eigenvalue weighted by atomic mass is 9.86. The molecule has 0 aliphatic carbocycles. The maximum atomic E-state index is 12.2. The van der Waals surface area contributed by atoms with Gasteiger partial charge in [-0.15, -0.1) is 0 Å². The first-order valence-corrected chi connectivity index (χ1v) is 9.43. The van der Waals surface area contributed by atoms with E-state index in [2.05, 4.69) is 20.8 Å². The summed E-state index contributed by atoms with van der Waals surface area (Å²) in [6, 6.07) is 0. The zero-order chi connectivity index (χ0) is 17.6. The number of ether oxygens (including phenoxy) is 1. The van der Waals surface area contributed by atoms with Crippen LogP contribution in [-0.4, -0.2) is 22.6 Å². The molecule has 0 spiro atoms. The Morgan fingerprint density at radius 2 is 1.39 bits per heavy atom. The molecule has 0 saturated heterocycles. The number of unbranched alkanes of at least 4 members (excludes halogenated alkanes) is 4. The highest BCUT2D eigenvalue weighted by atomic mass is 16.6. The van der Waals surface area contributed by atoms with Crippen molar-refractivity contribution in [3.05, 3.63) is 0 Å². The predicted molar refractivity (Wildman–Crippen MR) is 93.5 cm³/mol. The third-order valence-corrected chi connectivity index (χ3v) is 4.25. The van der Waals surface area contributed by atoms with Crippen molar-refractivity contribution in [1.29, 1.82) is 0 Å². The van der Waals surface area contributed by atoms with Gasteiger partial charge in [0.15, 0.2) is 0 Å². The molecule has 0 fully saturated rings. The summed E-state index contributed by atoms with van der Waals surface area (Å²) in [6.07, 6.45) is 11.2. The highest BCUT2D eigenvalue weighted by Gasteiger charge is 2.31. The first kappa shape index (κ1) is 21.9. The molecule has 136 valence electrons. The topological polar surface area (TPSA) is 63.6 Å². The third kappa shape index (κ3) is 11.2. The Balaban J connectivity index is 4.45. The van der Waals surface area contributed by atoms with Crippen LogP contribution in [0, 0.1) is 0 Å². The molecule has 0 aromatic carbocycles. The molecule has 0 atom stereocenters. The standard InChI is InChI=1S/C19H36O4/c1-4-7-8-11-16-19(14-5-2,15-6-3)23-18(22)13-10-9-12-17(20)21/h4-16H2,1-3H3,(H,20,21). The molecule has 0 unspecified atom stereocenters. The average molecular weight is 328 g/mol. The Morgan fingerprint density at radius 1 is 0.783 bits per heavy atom. The van der Waals surface area contributed by atoms with Gasteiger partial charge in [0, 0.05) is 12.8 Å². The van der Waals surface area contributed by atoms with Crippen LogP contribution in [0.3, 0.4) is 0 Å². The molecular formula is C19H36O4. The molecule has 4 heteroatoms. The Bertz CT molecular complexity index is 319. The fourth-order valence-electron chi connectivity index (χ4n) is 3.15. The summed E-state index contributed by atoms with van der Waals surface area (Å²) >= 11 is 0. The number of esters is 1. The first-order chi connectivity index (χ1) is 11.0. The van der Waals surface area contributed by atoms with E-state index in [0.717, 1.165) is 38.5 Å². The highest BCUT2D eigenvalue weighted by Crippen LogP contribution is 2.31. The number of rotatable bonds is 15. The lowest BCUT2D eigenvalue weighted by molar-refractivity contribution is -0.163. The number of carboxylic acids is 1. The third-order valence-electron chi connectivity index (χ3n) is 4.25. The minimum Gasteiger partial charge on any atom is -0.481 e. The lowest BCUT2D eigenvalue weighted by Crippen LogP contribution is -2.35. The van der Waals surface area contributed by atoms with Crippen LogP contribution in [0.1, 0.15) is 104 Å². The summed E-state index contributed by atoms with van der Waals surface area (Å²) in [5.41, 5.74) is -0.304. The molecule has 0 bridgehead atoms. The number of hydrogen-bond acceptors (Lipinski definition) is 3. The minimum atomic E-state index is -0.805. The van der Waals surface area contributed by atoms with Crippen LogP contribution in [0.25, 0.3) is 0 Å². The molecule has 4 nitrogen and oxygen atoms in total. The summed E-state index contributed by atoms with van der Waals surface area (Å²) in [5.74, 6) is -0.964. The summed E-state index contributed by atoms with van der Waals surface area (Å²) in [6.45, 7) is 6.47. The normalized spacial score (nSPS) is 11.4. The van der Waals surface area contributed by atoms with E-state index in [0.29, 0.717) is 19.3 Å². The Labute approximate surface area is 142 Å². The van der Waals surface area contributed by atoms with E-state index in [-0.39, 0.29) is 18.0 Å². The number of hydrogen-bond donors (Lipinski definition) is 1. The van der Waals surface area contributed by atoms with Gasteiger partial charge in [-0.2, -0.15) is 0 Å². The highest BCUT2D eigenvalue weighted by molar-refractivity contribution is 5.70. The first-order valence-electron chi connectivity index (χ1n) is 9.43. The molecule has 0 radical (unpaired) electrons. The van der Waals surface area contributed by atoms with Crippen LogP contribution in [0.15, 0.2) is 0 Å². The van der Waals surface area contributed by atoms with E-state index in [1.807, 2.05) is 0 Å². The summed E-state index contributed by atoms with van der Waals surface area (Å²) in [5, 5.41) is 8.63. The molecule has 23 heavy (non-hydrogen) atoms. The van der Waals surface area contributed by atoms with Gasteiger partial charge in [0.2, 0.25) is 0 Å². The van der Waals surface area contributed by atoms with Crippen molar-refractivity contribution in [2.45, 2.75) is 110 Å². The van der Waals surface area contributed by atoms with Gasteiger partial charge in [0.25, 0.3) is 0 Å². The van der Waals surface area contributed by atoms with Gasteiger partial charge in [0.05, 0.1) is 0 Å². The molecule has 1 N–H and O–H groups in total.